The first kappa shape index (κ1) is 19.2. The molecule has 0 N–H and O–H groups in total. The average Bonchev–Trinajstić information content (AvgIpc) is 2.84. The van der Waals surface area contributed by atoms with E-state index in [-0.39, 0.29) is 0 Å². The molecule has 2 saturated carbocycles. The molecule has 3 rings (SSSR count). The van der Waals surface area contributed by atoms with Gasteiger partial charge in [0.05, 0.1) is 0 Å². The second-order valence-corrected chi connectivity index (χ2v) is 12.0. The van der Waals surface area contributed by atoms with E-state index in [9.17, 15) is 0 Å². The molecule has 1 aliphatic heterocycles. The van der Waals surface area contributed by atoms with E-state index < -0.39 is 0 Å². The molecule has 1 heterocycles. The van der Waals surface area contributed by atoms with Gasteiger partial charge in [-0.2, -0.15) is 0 Å². The Morgan fingerprint density at radius 2 is 0.875 bits per heavy atom. The van der Waals surface area contributed by atoms with Crippen molar-refractivity contribution >= 4 is 7.92 Å². The van der Waals surface area contributed by atoms with E-state index in [2.05, 4.69) is 0 Å². The highest BCUT2D eigenvalue weighted by atomic mass is 31.1. The lowest BCUT2D eigenvalue weighted by molar-refractivity contribution is 0.244. The number of hydrogen-bond donors (Lipinski definition) is 0. The second-order valence-electron chi connectivity index (χ2n) is 9.17. The Morgan fingerprint density at radius 1 is 0.458 bits per heavy atom. The Balaban J connectivity index is 1.79. The van der Waals surface area contributed by atoms with E-state index in [4.69, 9.17) is 0 Å². The molecule has 0 amide bonds. The molecule has 0 aromatic heterocycles. The van der Waals surface area contributed by atoms with Crippen molar-refractivity contribution in [2.24, 2.45) is 5.92 Å². The molecule has 1 saturated heterocycles. The molecule has 24 heavy (non-hydrogen) atoms. The van der Waals surface area contributed by atoms with Gasteiger partial charge in [-0.25, -0.2) is 0 Å². The zero-order valence-corrected chi connectivity index (χ0v) is 17.3. The van der Waals surface area contributed by atoms with E-state index in [1.54, 1.807) is 89.4 Å². The predicted molar refractivity (Wildman–Crippen MR) is 111 cm³/mol. The van der Waals surface area contributed by atoms with Crippen molar-refractivity contribution in [3.05, 3.63) is 0 Å². The van der Waals surface area contributed by atoms with Crippen molar-refractivity contribution in [1.82, 2.24) is 0 Å². The molecule has 0 radical (unpaired) electrons. The van der Waals surface area contributed by atoms with Gasteiger partial charge in [0.2, 0.25) is 0 Å². The summed E-state index contributed by atoms with van der Waals surface area (Å²) in [7, 11) is 0.302. The van der Waals surface area contributed by atoms with Gasteiger partial charge in [0.25, 0.3) is 0 Å². The first-order chi connectivity index (χ1) is 11.9. The van der Waals surface area contributed by atoms with E-state index in [0.29, 0.717) is 7.92 Å². The fraction of sp³-hybridized carbons (Fsp3) is 1.00. The highest BCUT2D eigenvalue weighted by Gasteiger charge is 2.43. The number of hydrogen-bond acceptors (Lipinski definition) is 0. The molecule has 3 fully saturated rings. The van der Waals surface area contributed by atoms with Crippen molar-refractivity contribution in [2.45, 2.75) is 127 Å². The van der Waals surface area contributed by atoms with Crippen LogP contribution in [0.4, 0.5) is 0 Å². The van der Waals surface area contributed by atoms with Gasteiger partial charge in [-0.1, -0.05) is 83.5 Å². The van der Waals surface area contributed by atoms with Crippen LogP contribution in [0.3, 0.4) is 0 Å². The minimum Gasteiger partial charge on any atom is -0.100 e. The average molecular weight is 351 g/mol. The Bertz CT molecular complexity index is 311. The third kappa shape index (κ3) is 5.22. The van der Waals surface area contributed by atoms with Crippen LogP contribution < -0.4 is 0 Å². The summed E-state index contributed by atoms with van der Waals surface area (Å²) in [6.45, 7) is 0. The van der Waals surface area contributed by atoms with Crippen molar-refractivity contribution in [1.29, 1.82) is 0 Å². The molecule has 0 unspecified atom stereocenters. The predicted octanol–water partition coefficient (Wildman–Crippen LogP) is 8.28. The highest BCUT2D eigenvalue weighted by molar-refractivity contribution is 7.59. The summed E-state index contributed by atoms with van der Waals surface area (Å²) in [5.41, 5.74) is 0. The van der Waals surface area contributed by atoms with Gasteiger partial charge >= 0.3 is 0 Å². The summed E-state index contributed by atoms with van der Waals surface area (Å²) in [5.74, 6) is 1.12. The molecule has 0 spiro atoms. The van der Waals surface area contributed by atoms with E-state index >= 15 is 0 Å². The topological polar surface area (TPSA) is 0 Å². The van der Waals surface area contributed by atoms with Gasteiger partial charge in [0.1, 0.15) is 0 Å². The van der Waals surface area contributed by atoms with Gasteiger partial charge in [-0.05, 0) is 61.9 Å². The molecule has 0 atom stereocenters. The fourth-order valence-corrected chi connectivity index (χ4v) is 10.2. The van der Waals surface area contributed by atoms with Crippen LogP contribution in [0.5, 0.6) is 0 Å². The maximum atomic E-state index is 1.64. The van der Waals surface area contributed by atoms with Crippen LogP contribution in [0.2, 0.25) is 0 Å². The lowest BCUT2D eigenvalue weighted by atomic mass is 9.75. The lowest BCUT2D eigenvalue weighted by Crippen LogP contribution is -2.39. The first-order valence-corrected chi connectivity index (χ1v) is 13.4. The van der Waals surface area contributed by atoms with Crippen LogP contribution in [0.1, 0.15) is 122 Å². The third-order valence-corrected chi connectivity index (χ3v) is 11.4. The van der Waals surface area contributed by atoms with Gasteiger partial charge in [-0.3, -0.25) is 0 Å². The van der Waals surface area contributed by atoms with Crippen molar-refractivity contribution in [2.75, 3.05) is 12.3 Å². The summed E-state index contributed by atoms with van der Waals surface area (Å²) >= 11 is 0. The largest absolute Gasteiger partial charge is 0.100 e. The standard InChI is InChI=1S/C23H43P/c1-2-6-13-19-23(18-12-5-1,22-16-10-9-11-17-22)24-20-14-7-3-4-8-15-21-24/h22H,1-21H2. The summed E-state index contributed by atoms with van der Waals surface area (Å²) in [5, 5.41) is 0.824. The summed E-state index contributed by atoms with van der Waals surface area (Å²) < 4.78 is 0. The Kier molecular flexibility index (Phi) is 8.44. The Hall–Kier alpha value is 0.430. The maximum Gasteiger partial charge on any atom is -0.00662 e. The van der Waals surface area contributed by atoms with E-state index in [1.807, 2.05) is 0 Å². The molecule has 3 aliphatic rings. The van der Waals surface area contributed by atoms with Crippen LogP contribution in [-0.2, 0) is 0 Å². The van der Waals surface area contributed by atoms with Crippen LogP contribution in [-0.4, -0.2) is 17.5 Å². The van der Waals surface area contributed by atoms with Crippen molar-refractivity contribution < 1.29 is 0 Å². The molecule has 1 heteroatoms. The van der Waals surface area contributed by atoms with Gasteiger partial charge in [-0.15, -0.1) is 7.92 Å². The molecule has 0 nitrogen and oxygen atoms in total. The monoisotopic (exact) mass is 350 g/mol. The molecule has 0 bridgehead atoms. The maximum absolute atomic E-state index is 1.64. The van der Waals surface area contributed by atoms with E-state index in [0.717, 1.165) is 11.1 Å². The first-order valence-electron chi connectivity index (χ1n) is 11.7. The smallest absolute Gasteiger partial charge is 0.00662 e. The van der Waals surface area contributed by atoms with Crippen LogP contribution in [0, 0.1) is 5.92 Å². The molecule has 0 aromatic carbocycles. The molecular weight excluding hydrogens is 307 g/mol. The molecule has 2 aliphatic carbocycles. The van der Waals surface area contributed by atoms with Crippen LogP contribution >= 0.6 is 7.92 Å². The number of rotatable bonds is 2. The SMILES string of the molecule is C1CCCCP(C2(C3CCCCC3)CCCCCCCC2)CCC1. The van der Waals surface area contributed by atoms with Gasteiger partial charge < -0.3 is 0 Å². The zero-order valence-electron chi connectivity index (χ0n) is 16.4. The van der Waals surface area contributed by atoms with Crippen molar-refractivity contribution in [3.63, 3.8) is 0 Å². The zero-order chi connectivity index (χ0) is 16.5. The quantitative estimate of drug-likeness (QED) is 0.439. The summed E-state index contributed by atoms with van der Waals surface area (Å²) in [6, 6.07) is 0. The van der Waals surface area contributed by atoms with Gasteiger partial charge in [0, 0.05) is 0 Å². The Labute approximate surface area is 153 Å². The lowest BCUT2D eigenvalue weighted by Gasteiger charge is -2.49. The molecule has 0 aromatic rings. The normalized spacial score (nSPS) is 29.5. The minimum absolute atomic E-state index is 0.302. The van der Waals surface area contributed by atoms with Crippen LogP contribution in [0.15, 0.2) is 0 Å². The molecular formula is C23H43P. The van der Waals surface area contributed by atoms with Gasteiger partial charge in [0.15, 0.2) is 0 Å². The second kappa shape index (κ2) is 10.5. The highest BCUT2D eigenvalue weighted by Crippen LogP contribution is 2.62. The van der Waals surface area contributed by atoms with Crippen LogP contribution in [0.25, 0.3) is 0 Å². The Morgan fingerprint density at radius 3 is 1.42 bits per heavy atom. The fourth-order valence-electron chi connectivity index (χ4n) is 6.19. The van der Waals surface area contributed by atoms with Crippen molar-refractivity contribution in [3.8, 4) is 0 Å². The van der Waals surface area contributed by atoms with E-state index in [1.165, 1.54) is 44.9 Å². The minimum atomic E-state index is 0.302. The third-order valence-electron chi connectivity index (χ3n) is 7.57. The summed E-state index contributed by atoms with van der Waals surface area (Å²) in [6.07, 6.45) is 32.9. The molecule has 140 valence electrons. The summed E-state index contributed by atoms with van der Waals surface area (Å²) in [4.78, 5) is 0.